The lowest BCUT2D eigenvalue weighted by atomic mass is 9.87. The van der Waals surface area contributed by atoms with Crippen molar-refractivity contribution in [3.05, 3.63) is 69.9 Å². The Balaban J connectivity index is 1.78. The van der Waals surface area contributed by atoms with Crippen molar-refractivity contribution in [2.45, 2.75) is 63.3 Å². The highest BCUT2D eigenvalue weighted by molar-refractivity contribution is 7.99. The molecular formula is C25H28N2O4S2. The van der Waals surface area contributed by atoms with Gasteiger partial charge in [-0.2, -0.15) is 13.5 Å². The summed E-state index contributed by atoms with van der Waals surface area (Å²) in [7, 11) is -4.13. The smallest absolute Gasteiger partial charge is 0.340 e. The number of rotatable bonds is 6. The number of ketones is 1. The standard InChI is InChI=1S/C25H28N2O4S2/c1-6-27-25(31-33(29,30)19-9-7-15(2)8-10-19)21(14-26-27)23(28)20-13-17(4)24-22(18(20)5)16(3)11-12-32-24/h7-10,13-14,16H,6,11-12H2,1-5H3. The van der Waals surface area contributed by atoms with Gasteiger partial charge in [0.05, 0.1) is 6.20 Å². The molecule has 1 aliphatic heterocycles. The molecule has 0 fully saturated rings. The predicted octanol–water partition coefficient (Wildman–Crippen LogP) is 5.43. The van der Waals surface area contributed by atoms with Gasteiger partial charge in [0.25, 0.3) is 0 Å². The topological polar surface area (TPSA) is 78.3 Å². The maximum atomic E-state index is 13.7. The molecule has 0 amide bonds. The van der Waals surface area contributed by atoms with Crippen molar-refractivity contribution in [1.82, 2.24) is 9.78 Å². The summed E-state index contributed by atoms with van der Waals surface area (Å²) in [6.07, 6.45) is 2.46. The number of nitrogens with zero attached hydrogens (tertiary/aromatic N) is 2. The second kappa shape index (κ2) is 8.99. The van der Waals surface area contributed by atoms with Crippen molar-refractivity contribution in [2.24, 2.45) is 0 Å². The number of aryl methyl sites for hydroxylation is 3. The van der Waals surface area contributed by atoms with Crippen molar-refractivity contribution in [3.63, 3.8) is 0 Å². The molecule has 0 spiro atoms. The van der Waals surface area contributed by atoms with E-state index in [1.165, 1.54) is 33.5 Å². The first kappa shape index (κ1) is 23.6. The second-order valence-electron chi connectivity index (χ2n) is 8.51. The van der Waals surface area contributed by atoms with Crippen molar-refractivity contribution >= 4 is 27.7 Å². The Morgan fingerprint density at radius 1 is 1.18 bits per heavy atom. The normalized spacial score (nSPS) is 15.8. The van der Waals surface area contributed by atoms with E-state index in [0.29, 0.717) is 18.0 Å². The fourth-order valence-electron chi connectivity index (χ4n) is 4.27. The van der Waals surface area contributed by atoms with E-state index in [2.05, 4.69) is 12.0 Å². The Labute approximate surface area is 199 Å². The van der Waals surface area contributed by atoms with Crippen molar-refractivity contribution in [2.75, 3.05) is 5.75 Å². The number of benzene rings is 2. The molecule has 1 aliphatic rings. The zero-order valence-electron chi connectivity index (χ0n) is 19.5. The van der Waals surface area contributed by atoms with Crippen LogP contribution in [-0.4, -0.2) is 29.7 Å². The number of carbonyl (C=O) groups is 1. The Morgan fingerprint density at radius 2 is 1.88 bits per heavy atom. The molecule has 174 valence electrons. The van der Waals surface area contributed by atoms with E-state index in [-0.39, 0.29) is 22.1 Å². The Morgan fingerprint density at radius 3 is 2.55 bits per heavy atom. The lowest BCUT2D eigenvalue weighted by Gasteiger charge is -2.27. The SMILES string of the molecule is CCn1ncc(C(=O)c2cc(C)c3c(c2C)C(C)CCS3)c1OS(=O)(=O)c1ccc(C)cc1. The summed E-state index contributed by atoms with van der Waals surface area (Å²) in [6, 6.07) is 8.31. The average molecular weight is 485 g/mol. The first-order valence-electron chi connectivity index (χ1n) is 11.0. The highest BCUT2D eigenvalue weighted by Crippen LogP contribution is 2.43. The van der Waals surface area contributed by atoms with Gasteiger partial charge >= 0.3 is 10.1 Å². The summed E-state index contributed by atoms with van der Waals surface area (Å²) in [5.41, 5.74) is 4.87. The van der Waals surface area contributed by atoms with Crippen LogP contribution < -0.4 is 4.18 Å². The van der Waals surface area contributed by atoms with Gasteiger partial charge in [-0.3, -0.25) is 4.79 Å². The van der Waals surface area contributed by atoms with E-state index < -0.39 is 10.1 Å². The van der Waals surface area contributed by atoms with Crippen molar-refractivity contribution in [1.29, 1.82) is 0 Å². The van der Waals surface area contributed by atoms with Gasteiger partial charge < -0.3 is 4.18 Å². The summed E-state index contributed by atoms with van der Waals surface area (Å²) in [5, 5.41) is 4.23. The van der Waals surface area contributed by atoms with Gasteiger partial charge in [-0.05, 0) is 80.7 Å². The molecule has 0 aliphatic carbocycles. The van der Waals surface area contributed by atoms with E-state index in [1.54, 1.807) is 12.1 Å². The lowest BCUT2D eigenvalue weighted by molar-refractivity contribution is 0.103. The third kappa shape index (κ3) is 4.34. The lowest BCUT2D eigenvalue weighted by Crippen LogP contribution is -2.16. The fraction of sp³-hybridized carbons (Fsp3) is 0.360. The van der Waals surface area contributed by atoms with E-state index in [0.717, 1.165) is 28.9 Å². The Kier molecular flexibility index (Phi) is 6.42. The fourth-order valence-corrected chi connectivity index (χ4v) is 6.69. The van der Waals surface area contributed by atoms with Gasteiger partial charge in [0.1, 0.15) is 10.5 Å². The highest BCUT2D eigenvalue weighted by atomic mass is 32.2. The van der Waals surface area contributed by atoms with E-state index in [9.17, 15) is 13.2 Å². The molecule has 1 atom stereocenters. The first-order chi connectivity index (χ1) is 15.6. The van der Waals surface area contributed by atoms with Crippen LogP contribution in [-0.2, 0) is 16.7 Å². The van der Waals surface area contributed by atoms with Gasteiger partial charge in [0, 0.05) is 17.0 Å². The molecule has 1 unspecified atom stereocenters. The summed E-state index contributed by atoms with van der Waals surface area (Å²) >= 11 is 1.84. The molecule has 3 aromatic rings. The third-order valence-electron chi connectivity index (χ3n) is 6.14. The second-order valence-corrected chi connectivity index (χ2v) is 11.2. The highest BCUT2D eigenvalue weighted by Gasteiger charge is 2.30. The van der Waals surface area contributed by atoms with Crippen molar-refractivity contribution in [3.8, 4) is 5.88 Å². The molecule has 6 nitrogen and oxygen atoms in total. The maximum absolute atomic E-state index is 13.7. The van der Waals surface area contributed by atoms with Crippen LogP contribution >= 0.6 is 11.8 Å². The van der Waals surface area contributed by atoms with Crippen LogP contribution in [0.4, 0.5) is 0 Å². The number of hydrogen-bond acceptors (Lipinski definition) is 6. The average Bonchev–Trinajstić information content (AvgIpc) is 3.17. The minimum absolute atomic E-state index is 0.0296. The van der Waals surface area contributed by atoms with Crippen LogP contribution in [0.5, 0.6) is 5.88 Å². The molecule has 0 N–H and O–H groups in total. The van der Waals surface area contributed by atoms with Gasteiger partial charge in [-0.1, -0.05) is 24.6 Å². The summed E-state index contributed by atoms with van der Waals surface area (Å²) in [5.74, 6) is 1.10. The molecule has 2 heterocycles. The van der Waals surface area contributed by atoms with Crippen LogP contribution in [0, 0.1) is 20.8 Å². The molecule has 1 aromatic heterocycles. The molecule has 0 saturated heterocycles. The minimum atomic E-state index is -4.13. The van der Waals surface area contributed by atoms with Gasteiger partial charge in [0.2, 0.25) is 5.88 Å². The molecule has 2 aromatic carbocycles. The van der Waals surface area contributed by atoms with Crippen molar-refractivity contribution < 1.29 is 17.4 Å². The Hall–Kier alpha value is -2.58. The monoisotopic (exact) mass is 484 g/mol. The quantitative estimate of drug-likeness (QED) is 0.343. The number of carbonyl (C=O) groups excluding carboxylic acids is 1. The molecule has 33 heavy (non-hydrogen) atoms. The third-order valence-corrected chi connectivity index (χ3v) is 8.64. The number of hydrogen-bond donors (Lipinski definition) is 0. The first-order valence-corrected chi connectivity index (χ1v) is 13.4. The van der Waals surface area contributed by atoms with E-state index >= 15 is 0 Å². The number of aromatic nitrogens is 2. The van der Waals surface area contributed by atoms with E-state index in [1.807, 2.05) is 45.5 Å². The zero-order chi connectivity index (χ0) is 23.9. The van der Waals surface area contributed by atoms with Crippen LogP contribution in [0.15, 0.2) is 46.3 Å². The van der Waals surface area contributed by atoms with Gasteiger partial charge in [0.15, 0.2) is 5.78 Å². The number of fused-ring (bicyclic) bond motifs is 1. The molecule has 0 radical (unpaired) electrons. The summed E-state index contributed by atoms with van der Waals surface area (Å²) in [6.45, 7) is 10.2. The predicted molar refractivity (Wildman–Crippen MR) is 130 cm³/mol. The largest absolute Gasteiger partial charge is 0.358 e. The van der Waals surface area contributed by atoms with Crippen LogP contribution in [0.2, 0.25) is 0 Å². The van der Waals surface area contributed by atoms with Gasteiger partial charge in [-0.25, -0.2) is 4.68 Å². The Bertz CT molecular complexity index is 1330. The zero-order valence-corrected chi connectivity index (χ0v) is 21.1. The molecule has 4 rings (SSSR count). The minimum Gasteiger partial charge on any atom is -0.358 e. The van der Waals surface area contributed by atoms with Crippen LogP contribution in [0.3, 0.4) is 0 Å². The van der Waals surface area contributed by atoms with Crippen LogP contribution in [0.25, 0.3) is 0 Å². The summed E-state index contributed by atoms with van der Waals surface area (Å²) in [4.78, 5) is 15.0. The summed E-state index contributed by atoms with van der Waals surface area (Å²) < 4.78 is 32.9. The number of thioether (sulfide) groups is 1. The molecule has 8 heteroatoms. The van der Waals surface area contributed by atoms with E-state index in [4.69, 9.17) is 4.18 Å². The molecule has 0 saturated carbocycles. The molecule has 0 bridgehead atoms. The van der Waals surface area contributed by atoms with Gasteiger partial charge in [-0.15, -0.1) is 11.8 Å². The van der Waals surface area contributed by atoms with Crippen LogP contribution in [0.1, 0.15) is 64.4 Å². The molecular weight excluding hydrogens is 456 g/mol. The maximum Gasteiger partial charge on any atom is 0.340 e.